The molecular weight excluding hydrogens is 292 g/mol. The zero-order valence-electron chi connectivity index (χ0n) is 10.7. The van der Waals surface area contributed by atoms with E-state index in [1.807, 2.05) is 38.1 Å². The SMILES string of the molecule is CCC(C#N)(CC)C(=O)NCc1ccc(Br)cc1. The number of rotatable bonds is 5. The zero-order valence-corrected chi connectivity index (χ0v) is 12.3. The fourth-order valence-corrected chi connectivity index (χ4v) is 2.00. The second-order valence-electron chi connectivity index (χ2n) is 4.21. The molecule has 1 N–H and O–H groups in total. The van der Waals surface area contributed by atoms with Gasteiger partial charge in [-0.3, -0.25) is 4.79 Å². The highest BCUT2D eigenvalue weighted by atomic mass is 79.9. The molecule has 0 aliphatic heterocycles. The topological polar surface area (TPSA) is 52.9 Å². The lowest BCUT2D eigenvalue weighted by Gasteiger charge is -2.22. The highest BCUT2D eigenvalue weighted by Gasteiger charge is 2.34. The van der Waals surface area contributed by atoms with Gasteiger partial charge in [0, 0.05) is 11.0 Å². The smallest absolute Gasteiger partial charge is 0.240 e. The third kappa shape index (κ3) is 3.33. The Balaban J connectivity index is 2.66. The Morgan fingerprint density at radius 3 is 2.33 bits per heavy atom. The van der Waals surface area contributed by atoms with Crippen molar-refractivity contribution in [3.05, 3.63) is 34.3 Å². The molecule has 1 amide bonds. The summed E-state index contributed by atoms with van der Waals surface area (Å²) in [7, 11) is 0. The minimum atomic E-state index is -0.893. The van der Waals surface area contributed by atoms with Crippen molar-refractivity contribution in [2.75, 3.05) is 0 Å². The van der Waals surface area contributed by atoms with E-state index in [2.05, 4.69) is 27.3 Å². The molecule has 0 saturated heterocycles. The van der Waals surface area contributed by atoms with Crippen molar-refractivity contribution in [3.63, 3.8) is 0 Å². The van der Waals surface area contributed by atoms with Crippen molar-refractivity contribution in [2.24, 2.45) is 5.41 Å². The van der Waals surface area contributed by atoms with Crippen molar-refractivity contribution in [1.29, 1.82) is 5.26 Å². The Labute approximate surface area is 116 Å². The van der Waals surface area contributed by atoms with Gasteiger partial charge in [-0.2, -0.15) is 5.26 Å². The maximum absolute atomic E-state index is 12.1. The molecule has 0 aliphatic rings. The summed E-state index contributed by atoms with van der Waals surface area (Å²) in [4.78, 5) is 12.1. The molecule has 0 aliphatic carbocycles. The van der Waals surface area contributed by atoms with Gasteiger partial charge in [0.25, 0.3) is 0 Å². The van der Waals surface area contributed by atoms with E-state index in [-0.39, 0.29) is 5.91 Å². The Kier molecular flexibility index (Phi) is 5.36. The normalized spacial score (nSPS) is 10.8. The molecule has 0 atom stereocenters. The van der Waals surface area contributed by atoms with Gasteiger partial charge in [-0.25, -0.2) is 0 Å². The molecule has 0 heterocycles. The highest BCUT2D eigenvalue weighted by Crippen LogP contribution is 2.25. The first-order chi connectivity index (χ1) is 8.57. The standard InChI is InChI=1S/C14H17BrN2O/c1-3-14(4-2,10-16)13(18)17-9-11-5-7-12(15)8-6-11/h5-8H,3-4,9H2,1-2H3,(H,17,18). The first kappa shape index (κ1) is 14.7. The second-order valence-corrected chi connectivity index (χ2v) is 5.13. The minimum Gasteiger partial charge on any atom is -0.351 e. The van der Waals surface area contributed by atoms with E-state index < -0.39 is 5.41 Å². The predicted octanol–water partition coefficient (Wildman–Crippen LogP) is 3.40. The van der Waals surface area contributed by atoms with Gasteiger partial charge < -0.3 is 5.32 Å². The molecule has 0 aromatic heterocycles. The number of nitrogens with zero attached hydrogens (tertiary/aromatic N) is 1. The number of benzene rings is 1. The zero-order chi connectivity index (χ0) is 13.6. The van der Waals surface area contributed by atoms with Crippen molar-refractivity contribution in [2.45, 2.75) is 33.2 Å². The molecular formula is C14H17BrN2O. The predicted molar refractivity (Wildman–Crippen MR) is 74.6 cm³/mol. The monoisotopic (exact) mass is 308 g/mol. The summed E-state index contributed by atoms with van der Waals surface area (Å²) in [5.74, 6) is -0.182. The van der Waals surface area contributed by atoms with Crippen LogP contribution in [0.2, 0.25) is 0 Å². The molecule has 1 aromatic carbocycles. The Hall–Kier alpha value is -1.34. The Morgan fingerprint density at radius 2 is 1.89 bits per heavy atom. The van der Waals surface area contributed by atoms with Crippen LogP contribution in [0.15, 0.2) is 28.7 Å². The minimum absolute atomic E-state index is 0.182. The van der Waals surface area contributed by atoms with Gasteiger partial charge in [0.15, 0.2) is 0 Å². The fourth-order valence-electron chi connectivity index (χ4n) is 1.73. The lowest BCUT2D eigenvalue weighted by Crippen LogP contribution is -2.38. The van der Waals surface area contributed by atoms with Crippen molar-refractivity contribution in [3.8, 4) is 6.07 Å². The summed E-state index contributed by atoms with van der Waals surface area (Å²) in [6.45, 7) is 4.19. The first-order valence-electron chi connectivity index (χ1n) is 6.02. The van der Waals surface area contributed by atoms with E-state index in [9.17, 15) is 4.79 Å². The number of hydrogen-bond acceptors (Lipinski definition) is 2. The molecule has 1 aromatic rings. The number of nitriles is 1. The van der Waals surface area contributed by atoms with E-state index in [0.717, 1.165) is 10.0 Å². The molecule has 0 bridgehead atoms. The van der Waals surface area contributed by atoms with Crippen LogP contribution >= 0.6 is 15.9 Å². The summed E-state index contributed by atoms with van der Waals surface area (Å²) >= 11 is 3.36. The lowest BCUT2D eigenvalue weighted by atomic mass is 9.83. The molecule has 0 spiro atoms. The Bertz CT molecular complexity index is 444. The van der Waals surface area contributed by atoms with Gasteiger partial charge >= 0.3 is 0 Å². The fraction of sp³-hybridized carbons (Fsp3) is 0.429. The van der Waals surface area contributed by atoms with Gasteiger partial charge in [0.1, 0.15) is 5.41 Å². The molecule has 3 nitrogen and oxygen atoms in total. The highest BCUT2D eigenvalue weighted by molar-refractivity contribution is 9.10. The van der Waals surface area contributed by atoms with Crippen LogP contribution in [0.25, 0.3) is 0 Å². The largest absolute Gasteiger partial charge is 0.351 e. The number of carbonyl (C=O) groups excluding carboxylic acids is 1. The van der Waals surface area contributed by atoms with Crippen LogP contribution in [-0.2, 0) is 11.3 Å². The third-order valence-corrected chi connectivity index (χ3v) is 3.75. The molecule has 96 valence electrons. The summed E-state index contributed by atoms with van der Waals surface area (Å²) in [6, 6.07) is 9.88. The lowest BCUT2D eigenvalue weighted by molar-refractivity contribution is -0.128. The summed E-state index contributed by atoms with van der Waals surface area (Å²) in [6.07, 6.45) is 1.07. The average molecular weight is 309 g/mol. The van der Waals surface area contributed by atoms with Crippen LogP contribution in [0.1, 0.15) is 32.3 Å². The van der Waals surface area contributed by atoms with Gasteiger partial charge in [-0.1, -0.05) is 41.9 Å². The second kappa shape index (κ2) is 6.55. The summed E-state index contributed by atoms with van der Waals surface area (Å²) < 4.78 is 1.01. The molecule has 1 rings (SSSR count). The number of halogens is 1. The molecule has 0 radical (unpaired) electrons. The molecule has 0 saturated carbocycles. The van der Waals surface area contributed by atoms with Crippen molar-refractivity contribution >= 4 is 21.8 Å². The van der Waals surface area contributed by atoms with Crippen LogP contribution in [0.5, 0.6) is 0 Å². The van der Waals surface area contributed by atoms with E-state index in [4.69, 9.17) is 5.26 Å². The van der Waals surface area contributed by atoms with Crippen LogP contribution in [0.4, 0.5) is 0 Å². The molecule has 18 heavy (non-hydrogen) atoms. The molecule has 0 unspecified atom stereocenters. The summed E-state index contributed by atoms with van der Waals surface area (Å²) in [5.41, 5.74) is 0.126. The number of amides is 1. The Morgan fingerprint density at radius 1 is 1.33 bits per heavy atom. The van der Waals surface area contributed by atoms with E-state index in [1.165, 1.54) is 0 Å². The average Bonchev–Trinajstić information content (AvgIpc) is 2.41. The maximum atomic E-state index is 12.1. The first-order valence-corrected chi connectivity index (χ1v) is 6.81. The van der Waals surface area contributed by atoms with Gasteiger partial charge in [-0.15, -0.1) is 0 Å². The number of nitrogens with one attached hydrogen (secondary N) is 1. The van der Waals surface area contributed by atoms with Crippen LogP contribution < -0.4 is 5.32 Å². The van der Waals surface area contributed by atoms with Crippen LogP contribution in [0.3, 0.4) is 0 Å². The third-order valence-electron chi connectivity index (χ3n) is 3.22. The number of hydrogen-bond donors (Lipinski definition) is 1. The van der Waals surface area contributed by atoms with Gasteiger partial charge in [-0.05, 0) is 30.5 Å². The van der Waals surface area contributed by atoms with Gasteiger partial charge in [0.2, 0.25) is 5.91 Å². The van der Waals surface area contributed by atoms with E-state index >= 15 is 0 Å². The quantitative estimate of drug-likeness (QED) is 0.906. The van der Waals surface area contributed by atoms with E-state index in [1.54, 1.807) is 0 Å². The van der Waals surface area contributed by atoms with E-state index in [0.29, 0.717) is 19.4 Å². The van der Waals surface area contributed by atoms with Crippen molar-refractivity contribution < 1.29 is 4.79 Å². The van der Waals surface area contributed by atoms with Crippen molar-refractivity contribution in [1.82, 2.24) is 5.32 Å². The molecule has 4 heteroatoms. The van der Waals surface area contributed by atoms with Gasteiger partial charge in [0.05, 0.1) is 6.07 Å². The van der Waals surface area contributed by atoms with Crippen LogP contribution in [0, 0.1) is 16.7 Å². The summed E-state index contributed by atoms with van der Waals surface area (Å²) in [5, 5.41) is 12.0. The molecule has 0 fully saturated rings. The maximum Gasteiger partial charge on any atom is 0.240 e. The number of carbonyl (C=O) groups is 1. The van der Waals surface area contributed by atoms with Crippen LogP contribution in [-0.4, -0.2) is 5.91 Å².